The van der Waals surface area contributed by atoms with Gasteiger partial charge < -0.3 is 10.1 Å². The molecule has 0 amide bonds. The molecular formula is C15H32N2O. The third-order valence-corrected chi connectivity index (χ3v) is 4.10. The first-order chi connectivity index (χ1) is 8.79. The second kappa shape index (κ2) is 9.76. The Morgan fingerprint density at radius 3 is 2.89 bits per heavy atom. The van der Waals surface area contributed by atoms with E-state index in [-0.39, 0.29) is 0 Å². The summed E-state index contributed by atoms with van der Waals surface area (Å²) >= 11 is 0. The Morgan fingerprint density at radius 2 is 2.17 bits per heavy atom. The number of nitrogens with zero attached hydrogens (tertiary/aromatic N) is 1. The smallest absolute Gasteiger partial charge is 0.0474 e. The molecule has 1 aliphatic heterocycles. The van der Waals surface area contributed by atoms with Crippen molar-refractivity contribution in [3.8, 4) is 0 Å². The summed E-state index contributed by atoms with van der Waals surface area (Å²) in [5.74, 6) is 0. The molecule has 0 aromatic rings. The van der Waals surface area contributed by atoms with Gasteiger partial charge in [0.15, 0.2) is 0 Å². The molecule has 0 aromatic carbocycles. The van der Waals surface area contributed by atoms with Crippen molar-refractivity contribution in [1.82, 2.24) is 10.2 Å². The highest BCUT2D eigenvalue weighted by atomic mass is 16.5. The summed E-state index contributed by atoms with van der Waals surface area (Å²) in [6, 6.07) is 1.47. The number of nitrogens with one attached hydrogen (secondary N) is 1. The topological polar surface area (TPSA) is 24.5 Å². The van der Waals surface area contributed by atoms with E-state index in [2.05, 4.69) is 24.1 Å². The van der Waals surface area contributed by atoms with Crippen LogP contribution >= 0.6 is 0 Å². The largest absolute Gasteiger partial charge is 0.385 e. The summed E-state index contributed by atoms with van der Waals surface area (Å²) in [7, 11) is 1.77. The normalized spacial score (nSPS) is 23.8. The van der Waals surface area contributed by atoms with Crippen LogP contribution in [0.25, 0.3) is 0 Å². The van der Waals surface area contributed by atoms with Gasteiger partial charge in [-0.2, -0.15) is 0 Å². The van der Waals surface area contributed by atoms with Crippen molar-refractivity contribution in [3.63, 3.8) is 0 Å². The van der Waals surface area contributed by atoms with E-state index in [9.17, 15) is 0 Å². The molecule has 2 atom stereocenters. The number of ether oxygens (including phenoxy) is 1. The monoisotopic (exact) mass is 256 g/mol. The van der Waals surface area contributed by atoms with Gasteiger partial charge in [0.2, 0.25) is 0 Å². The summed E-state index contributed by atoms with van der Waals surface area (Å²) in [6.45, 7) is 9.05. The van der Waals surface area contributed by atoms with Crippen molar-refractivity contribution in [3.05, 3.63) is 0 Å². The molecule has 1 N–H and O–H groups in total. The number of likely N-dealkylation sites (tertiary alicyclic amines) is 1. The third kappa shape index (κ3) is 5.68. The fraction of sp³-hybridized carbons (Fsp3) is 1.00. The Kier molecular flexibility index (Phi) is 8.64. The lowest BCUT2D eigenvalue weighted by molar-refractivity contribution is 0.138. The van der Waals surface area contributed by atoms with Crippen molar-refractivity contribution in [2.24, 2.45) is 0 Å². The summed E-state index contributed by atoms with van der Waals surface area (Å²) in [4.78, 5) is 2.73. The zero-order chi connectivity index (χ0) is 13.2. The Bertz CT molecular complexity index is 199. The molecule has 0 aromatic heterocycles. The van der Waals surface area contributed by atoms with Gasteiger partial charge in [-0.1, -0.05) is 19.8 Å². The number of hydrogen-bond donors (Lipinski definition) is 1. The minimum absolute atomic E-state index is 0.663. The zero-order valence-electron chi connectivity index (χ0n) is 12.6. The molecule has 1 rings (SSSR count). The first kappa shape index (κ1) is 15.9. The standard InChI is InChI=1S/C15H32N2O/c1-4-15-9-6-5-7-11-17(15)14(2)13-16-10-8-12-18-3/h14-16H,4-13H2,1-3H3. The maximum atomic E-state index is 5.07. The predicted octanol–water partition coefficient (Wildman–Crippen LogP) is 2.66. The van der Waals surface area contributed by atoms with E-state index >= 15 is 0 Å². The fourth-order valence-corrected chi connectivity index (χ4v) is 2.99. The van der Waals surface area contributed by atoms with E-state index in [1.165, 1.54) is 38.6 Å². The Hall–Kier alpha value is -0.120. The maximum absolute atomic E-state index is 5.07. The van der Waals surface area contributed by atoms with Crippen LogP contribution in [0.2, 0.25) is 0 Å². The highest BCUT2D eigenvalue weighted by molar-refractivity contribution is 4.79. The minimum Gasteiger partial charge on any atom is -0.385 e. The van der Waals surface area contributed by atoms with Crippen LogP contribution < -0.4 is 5.32 Å². The molecule has 1 heterocycles. The molecule has 0 spiro atoms. The average Bonchev–Trinajstić information content (AvgIpc) is 2.63. The molecule has 2 unspecified atom stereocenters. The van der Waals surface area contributed by atoms with Gasteiger partial charge in [0, 0.05) is 32.3 Å². The van der Waals surface area contributed by atoms with Crippen molar-refractivity contribution >= 4 is 0 Å². The Balaban J connectivity index is 2.26. The molecule has 3 heteroatoms. The van der Waals surface area contributed by atoms with Crippen molar-refractivity contribution < 1.29 is 4.74 Å². The Morgan fingerprint density at radius 1 is 1.33 bits per heavy atom. The van der Waals surface area contributed by atoms with E-state index in [4.69, 9.17) is 4.74 Å². The van der Waals surface area contributed by atoms with Gasteiger partial charge >= 0.3 is 0 Å². The van der Waals surface area contributed by atoms with E-state index in [0.717, 1.165) is 32.2 Å². The van der Waals surface area contributed by atoms with Crippen LogP contribution in [0, 0.1) is 0 Å². The van der Waals surface area contributed by atoms with E-state index < -0.39 is 0 Å². The molecule has 1 fully saturated rings. The van der Waals surface area contributed by atoms with Gasteiger partial charge in [-0.15, -0.1) is 0 Å². The van der Waals surface area contributed by atoms with Gasteiger partial charge in [0.1, 0.15) is 0 Å². The van der Waals surface area contributed by atoms with Crippen LogP contribution in [-0.2, 0) is 4.74 Å². The number of methoxy groups -OCH3 is 1. The second-order valence-electron chi connectivity index (χ2n) is 5.55. The van der Waals surface area contributed by atoms with Gasteiger partial charge in [0.05, 0.1) is 0 Å². The maximum Gasteiger partial charge on any atom is 0.0474 e. The summed E-state index contributed by atoms with van der Waals surface area (Å²) < 4.78 is 5.07. The zero-order valence-corrected chi connectivity index (χ0v) is 12.6. The van der Waals surface area contributed by atoms with Gasteiger partial charge in [0.25, 0.3) is 0 Å². The van der Waals surface area contributed by atoms with Crippen LogP contribution in [0.15, 0.2) is 0 Å². The van der Waals surface area contributed by atoms with Crippen molar-refractivity contribution in [1.29, 1.82) is 0 Å². The molecule has 1 aliphatic rings. The lowest BCUT2D eigenvalue weighted by atomic mass is 10.1. The van der Waals surface area contributed by atoms with Crippen LogP contribution in [-0.4, -0.2) is 50.3 Å². The van der Waals surface area contributed by atoms with Gasteiger partial charge in [-0.05, 0) is 45.7 Å². The molecule has 0 bridgehead atoms. The lowest BCUT2D eigenvalue weighted by Gasteiger charge is -2.35. The minimum atomic E-state index is 0.663. The molecule has 0 saturated carbocycles. The SMILES string of the molecule is CCC1CCCCCN1C(C)CNCCCOC. The molecule has 0 aliphatic carbocycles. The first-order valence-corrected chi connectivity index (χ1v) is 7.75. The second-order valence-corrected chi connectivity index (χ2v) is 5.55. The van der Waals surface area contributed by atoms with Gasteiger partial charge in [-0.3, -0.25) is 4.90 Å². The van der Waals surface area contributed by atoms with E-state index in [0.29, 0.717) is 6.04 Å². The molecular weight excluding hydrogens is 224 g/mol. The summed E-state index contributed by atoms with van der Waals surface area (Å²) in [6.07, 6.45) is 8.02. The van der Waals surface area contributed by atoms with Crippen LogP contribution in [0.4, 0.5) is 0 Å². The molecule has 0 radical (unpaired) electrons. The van der Waals surface area contributed by atoms with Gasteiger partial charge in [-0.25, -0.2) is 0 Å². The molecule has 3 nitrogen and oxygen atoms in total. The molecule has 18 heavy (non-hydrogen) atoms. The van der Waals surface area contributed by atoms with E-state index in [1.807, 2.05) is 0 Å². The lowest BCUT2D eigenvalue weighted by Crippen LogP contribution is -2.46. The van der Waals surface area contributed by atoms with Crippen LogP contribution in [0.1, 0.15) is 52.4 Å². The third-order valence-electron chi connectivity index (χ3n) is 4.10. The van der Waals surface area contributed by atoms with E-state index in [1.54, 1.807) is 7.11 Å². The number of rotatable bonds is 8. The van der Waals surface area contributed by atoms with Crippen LogP contribution in [0.5, 0.6) is 0 Å². The summed E-state index contributed by atoms with van der Waals surface area (Å²) in [5.41, 5.74) is 0. The summed E-state index contributed by atoms with van der Waals surface area (Å²) in [5, 5.41) is 3.56. The van der Waals surface area contributed by atoms with Crippen molar-refractivity contribution in [2.75, 3.05) is 33.4 Å². The average molecular weight is 256 g/mol. The fourth-order valence-electron chi connectivity index (χ4n) is 2.99. The number of hydrogen-bond acceptors (Lipinski definition) is 3. The van der Waals surface area contributed by atoms with Crippen molar-refractivity contribution in [2.45, 2.75) is 64.5 Å². The highest BCUT2D eigenvalue weighted by Gasteiger charge is 2.23. The Labute approximate surface area is 113 Å². The highest BCUT2D eigenvalue weighted by Crippen LogP contribution is 2.21. The molecule has 1 saturated heterocycles. The predicted molar refractivity (Wildman–Crippen MR) is 78.1 cm³/mol. The quantitative estimate of drug-likeness (QED) is 0.676. The first-order valence-electron chi connectivity index (χ1n) is 7.75. The van der Waals surface area contributed by atoms with Crippen LogP contribution in [0.3, 0.4) is 0 Å². The molecule has 108 valence electrons.